The summed E-state index contributed by atoms with van der Waals surface area (Å²) in [4.78, 5) is 11.1. The highest BCUT2D eigenvalue weighted by atomic mass is 16.5. The minimum absolute atomic E-state index is 0.284. The van der Waals surface area contributed by atoms with Gasteiger partial charge in [-0.1, -0.05) is 6.92 Å². The van der Waals surface area contributed by atoms with Crippen LogP contribution in [0.4, 0.5) is 11.8 Å². The highest BCUT2D eigenvalue weighted by Gasteiger charge is 2.27. The molecule has 1 aliphatic rings. The molecule has 1 N–H and O–H groups in total. The van der Waals surface area contributed by atoms with Crippen molar-refractivity contribution in [2.75, 3.05) is 37.5 Å². The summed E-state index contributed by atoms with van der Waals surface area (Å²) >= 11 is 0. The highest BCUT2D eigenvalue weighted by molar-refractivity contribution is 5.45. The van der Waals surface area contributed by atoms with Gasteiger partial charge in [0.2, 0.25) is 5.95 Å². The third-order valence-corrected chi connectivity index (χ3v) is 3.58. The molecule has 1 fully saturated rings. The Labute approximate surface area is 109 Å². The van der Waals surface area contributed by atoms with Crippen LogP contribution >= 0.6 is 0 Å². The lowest BCUT2D eigenvalue weighted by molar-refractivity contribution is 0.0496. The van der Waals surface area contributed by atoms with Crippen LogP contribution in [0.1, 0.15) is 19.0 Å². The van der Waals surface area contributed by atoms with Crippen LogP contribution in [-0.4, -0.2) is 43.3 Å². The van der Waals surface area contributed by atoms with Crippen molar-refractivity contribution in [1.82, 2.24) is 9.97 Å². The van der Waals surface area contributed by atoms with E-state index in [4.69, 9.17) is 4.74 Å². The van der Waals surface area contributed by atoms with Gasteiger partial charge in [-0.2, -0.15) is 4.98 Å². The summed E-state index contributed by atoms with van der Waals surface area (Å²) < 4.78 is 5.54. The molecule has 0 radical (unpaired) electrons. The second kappa shape index (κ2) is 5.52. The minimum atomic E-state index is 0.284. The average Bonchev–Trinajstić information content (AvgIpc) is 2.38. The van der Waals surface area contributed by atoms with Crippen LogP contribution < -0.4 is 10.2 Å². The van der Waals surface area contributed by atoms with Gasteiger partial charge < -0.3 is 15.0 Å². The number of hydrogen-bond donors (Lipinski definition) is 1. The van der Waals surface area contributed by atoms with Crippen molar-refractivity contribution in [1.29, 1.82) is 0 Å². The maximum Gasteiger partial charge on any atom is 0.224 e. The summed E-state index contributed by atoms with van der Waals surface area (Å²) in [5.74, 6) is 2.27. The van der Waals surface area contributed by atoms with Crippen molar-refractivity contribution in [2.45, 2.75) is 26.4 Å². The molecule has 2 unspecified atom stereocenters. The van der Waals surface area contributed by atoms with Crippen LogP contribution in [0.2, 0.25) is 0 Å². The summed E-state index contributed by atoms with van der Waals surface area (Å²) in [6.07, 6.45) is 1.42. The third kappa shape index (κ3) is 2.72. The Morgan fingerprint density at radius 1 is 1.44 bits per heavy atom. The topological polar surface area (TPSA) is 50.3 Å². The largest absolute Gasteiger partial charge is 0.379 e. The molecule has 0 saturated carbocycles. The number of rotatable bonds is 3. The second-order valence-electron chi connectivity index (χ2n) is 4.93. The van der Waals surface area contributed by atoms with E-state index in [0.717, 1.165) is 31.0 Å². The van der Waals surface area contributed by atoms with Crippen molar-refractivity contribution in [3.05, 3.63) is 11.8 Å². The number of aryl methyl sites for hydroxylation is 1. The average molecular weight is 250 g/mol. The molecule has 18 heavy (non-hydrogen) atoms. The molecule has 0 amide bonds. The number of nitrogens with one attached hydrogen (secondary N) is 1. The first-order chi connectivity index (χ1) is 8.63. The molecule has 1 aromatic rings. The van der Waals surface area contributed by atoms with E-state index in [2.05, 4.69) is 27.1 Å². The van der Waals surface area contributed by atoms with Gasteiger partial charge in [0.25, 0.3) is 0 Å². The van der Waals surface area contributed by atoms with Crippen molar-refractivity contribution in [3.8, 4) is 0 Å². The fraction of sp³-hybridized carbons (Fsp3) is 0.692. The fourth-order valence-electron chi connectivity index (χ4n) is 2.37. The van der Waals surface area contributed by atoms with E-state index < -0.39 is 0 Å². The summed E-state index contributed by atoms with van der Waals surface area (Å²) in [6.45, 7) is 6.17. The van der Waals surface area contributed by atoms with Gasteiger partial charge in [-0.05, 0) is 19.3 Å². The Morgan fingerprint density at radius 3 is 2.89 bits per heavy atom. The van der Waals surface area contributed by atoms with Crippen LogP contribution in [0.5, 0.6) is 0 Å². The van der Waals surface area contributed by atoms with E-state index in [0.29, 0.717) is 11.9 Å². The quantitative estimate of drug-likeness (QED) is 0.884. The second-order valence-corrected chi connectivity index (χ2v) is 4.93. The van der Waals surface area contributed by atoms with E-state index in [-0.39, 0.29) is 6.10 Å². The maximum absolute atomic E-state index is 5.54. The smallest absolute Gasteiger partial charge is 0.224 e. The van der Waals surface area contributed by atoms with E-state index in [1.165, 1.54) is 0 Å². The molecule has 1 aliphatic heterocycles. The fourth-order valence-corrected chi connectivity index (χ4v) is 2.37. The first kappa shape index (κ1) is 13.1. The van der Waals surface area contributed by atoms with Gasteiger partial charge in [0, 0.05) is 39.0 Å². The summed E-state index contributed by atoms with van der Waals surface area (Å²) in [7, 11) is 3.63. The first-order valence-electron chi connectivity index (χ1n) is 6.45. The van der Waals surface area contributed by atoms with E-state index in [1.807, 2.05) is 20.0 Å². The lowest BCUT2D eigenvalue weighted by Crippen LogP contribution is -2.44. The molecule has 0 spiro atoms. The number of anilines is 2. The van der Waals surface area contributed by atoms with E-state index in [1.54, 1.807) is 7.11 Å². The Morgan fingerprint density at radius 2 is 2.22 bits per heavy atom. The van der Waals surface area contributed by atoms with E-state index >= 15 is 0 Å². The monoisotopic (exact) mass is 250 g/mol. The predicted octanol–water partition coefficient (Wildman–Crippen LogP) is 1.69. The zero-order valence-electron chi connectivity index (χ0n) is 11.6. The first-order valence-corrected chi connectivity index (χ1v) is 6.45. The molecule has 2 rings (SSSR count). The van der Waals surface area contributed by atoms with Crippen molar-refractivity contribution in [2.24, 2.45) is 5.92 Å². The van der Waals surface area contributed by atoms with Gasteiger partial charge in [-0.3, -0.25) is 0 Å². The van der Waals surface area contributed by atoms with Crippen molar-refractivity contribution in [3.63, 3.8) is 0 Å². The molecule has 0 aliphatic carbocycles. The molecular formula is C13H22N4O. The molecule has 5 heteroatoms. The molecule has 2 atom stereocenters. The zero-order valence-corrected chi connectivity index (χ0v) is 11.6. The summed E-state index contributed by atoms with van der Waals surface area (Å²) in [5.41, 5.74) is 0.983. The van der Waals surface area contributed by atoms with Gasteiger partial charge in [0.15, 0.2) is 0 Å². The molecule has 0 bridgehead atoms. The van der Waals surface area contributed by atoms with Gasteiger partial charge in [-0.25, -0.2) is 4.98 Å². The van der Waals surface area contributed by atoms with Crippen LogP contribution in [0, 0.1) is 12.8 Å². The van der Waals surface area contributed by atoms with Gasteiger partial charge in [0.05, 0.1) is 6.10 Å². The lowest BCUT2D eigenvalue weighted by atomic mass is 9.96. The molecular weight excluding hydrogens is 228 g/mol. The standard InChI is InChI=1S/C13H22N4O/c1-9-5-6-17(8-11(9)18-4)12-7-10(2)15-13(14-3)16-12/h7,9,11H,5-6,8H2,1-4H3,(H,14,15,16). The predicted molar refractivity (Wildman–Crippen MR) is 73.1 cm³/mol. The minimum Gasteiger partial charge on any atom is -0.379 e. The van der Waals surface area contributed by atoms with Gasteiger partial charge in [0.1, 0.15) is 5.82 Å². The Balaban J connectivity index is 2.18. The van der Waals surface area contributed by atoms with Crippen molar-refractivity contribution < 1.29 is 4.74 Å². The van der Waals surface area contributed by atoms with Crippen LogP contribution in [0.25, 0.3) is 0 Å². The number of aromatic nitrogens is 2. The molecule has 1 saturated heterocycles. The normalized spacial score (nSPS) is 24.1. The molecule has 100 valence electrons. The molecule has 1 aromatic heterocycles. The van der Waals surface area contributed by atoms with Crippen molar-refractivity contribution >= 4 is 11.8 Å². The summed E-state index contributed by atoms with van der Waals surface area (Å²) in [5, 5.41) is 3.00. The highest BCUT2D eigenvalue weighted by Crippen LogP contribution is 2.24. The Hall–Kier alpha value is -1.36. The number of hydrogen-bond acceptors (Lipinski definition) is 5. The zero-order chi connectivity index (χ0) is 13.1. The lowest BCUT2D eigenvalue weighted by Gasteiger charge is -2.37. The van der Waals surface area contributed by atoms with Gasteiger partial charge >= 0.3 is 0 Å². The van der Waals surface area contributed by atoms with Crippen LogP contribution in [-0.2, 0) is 4.74 Å². The van der Waals surface area contributed by atoms with Crippen LogP contribution in [0.15, 0.2) is 6.07 Å². The number of ether oxygens (including phenoxy) is 1. The number of nitrogens with zero attached hydrogens (tertiary/aromatic N) is 3. The van der Waals surface area contributed by atoms with Gasteiger partial charge in [-0.15, -0.1) is 0 Å². The molecule has 5 nitrogen and oxygen atoms in total. The SMILES string of the molecule is CNc1nc(C)cc(N2CCC(C)C(OC)C2)n1. The number of piperidine rings is 1. The Bertz CT molecular complexity index is 410. The van der Waals surface area contributed by atoms with E-state index in [9.17, 15) is 0 Å². The van der Waals surface area contributed by atoms with Crippen LogP contribution in [0.3, 0.4) is 0 Å². The maximum atomic E-state index is 5.54. The summed E-state index contributed by atoms with van der Waals surface area (Å²) in [6, 6.07) is 2.03. The third-order valence-electron chi connectivity index (χ3n) is 3.58. The Kier molecular flexibility index (Phi) is 4.01. The molecule has 0 aromatic carbocycles. The molecule has 2 heterocycles. The number of methoxy groups -OCH3 is 1.